The van der Waals surface area contributed by atoms with Crippen molar-refractivity contribution in [1.82, 2.24) is 16.0 Å². The van der Waals surface area contributed by atoms with Crippen LogP contribution in [0.3, 0.4) is 0 Å². The monoisotopic (exact) mass is 568 g/mol. The van der Waals surface area contributed by atoms with Gasteiger partial charge >= 0.3 is 5.97 Å². The molecule has 1 saturated heterocycles. The summed E-state index contributed by atoms with van der Waals surface area (Å²) in [4.78, 5) is 60.2. The number of aliphatic carboxylic acids is 1. The summed E-state index contributed by atoms with van der Waals surface area (Å²) in [5.74, 6) is -4.31. The van der Waals surface area contributed by atoms with Crippen molar-refractivity contribution >= 4 is 29.6 Å². The SMILES string of the molecule is C[C@H](NC(=O)[C@@H](C)O[C@H]1[C@H](O)[C@@H](CO)O[C@@H](O)[C@@H]1NC(=O)Cc1ccccc1)C(=O)N[C@H](CCC(=O)O)C(N)=O. The number of primary amides is 1. The molecule has 0 radical (unpaired) electrons. The minimum Gasteiger partial charge on any atom is -0.481 e. The molecule has 1 aromatic carbocycles. The molecule has 8 atom stereocenters. The van der Waals surface area contributed by atoms with Gasteiger partial charge in [0.15, 0.2) is 6.29 Å². The van der Waals surface area contributed by atoms with Gasteiger partial charge in [-0.15, -0.1) is 0 Å². The molecular formula is C25H36N4O11. The Hall–Kier alpha value is -3.63. The maximum atomic E-state index is 12.8. The third-order valence-electron chi connectivity index (χ3n) is 6.20. The Morgan fingerprint density at radius 1 is 1.05 bits per heavy atom. The molecular weight excluding hydrogens is 532 g/mol. The average Bonchev–Trinajstić information content (AvgIpc) is 2.90. The standard InChI is InChI=1S/C25H36N4O11/c1-12(23(36)28-15(22(26)35)8-9-18(32)33)27-24(37)13(2)39-21-19(25(38)40-16(11-30)20(21)34)29-17(31)10-14-6-4-3-5-7-14/h3-7,12-13,15-16,19-21,25,30,34,38H,8-11H2,1-2H3,(H2,26,35)(H,27,37)(H,28,36)(H,29,31)(H,32,33)/t12-,13+,15+,16+,19+,20+,21+,25+/m0/s1. The van der Waals surface area contributed by atoms with Gasteiger partial charge in [-0.1, -0.05) is 30.3 Å². The zero-order valence-corrected chi connectivity index (χ0v) is 22.1. The molecule has 1 aromatic rings. The number of benzene rings is 1. The molecule has 40 heavy (non-hydrogen) atoms. The fraction of sp³-hybridized carbons (Fsp3) is 0.560. The molecule has 15 nitrogen and oxygen atoms in total. The lowest BCUT2D eigenvalue weighted by atomic mass is 9.96. The van der Waals surface area contributed by atoms with Crippen molar-refractivity contribution in [2.45, 2.75) is 81.9 Å². The number of aliphatic hydroxyl groups is 3. The zero-order chi connectivity index (χ0) is 30.0. The molecule has 0 aliphatic carbocycles. The third-order valence-corrected chi connectivity index (χ3v) is 6.20. The number of aliphatic hydroxyl groups excluding tert-OH is 3. The predicted octanol–water partition coefficient (Wildman–Crippen LogP) is -3.10. The Morgan fingerprint density at radius 2 is 1.70 bits per heavy atom. The molecule has 0 saturated carbocycles. The van der Waals surface area contributed by atoms with E-state index in [1.807, 2.05) is 0 Å². The molecule has 0 unspecified atom stereocenters. The van der Waals surface area contributed by atoms with Gasteiger partial charge < -0.3 is 51.6 Å². The lowest BCUT2D eigenvalue weighted by molar-refractivity contribution is -0.266. The first-order chi connectivity index (χ1) is 18.8. The van der Waals surface area contributed by atoms with Gasteiger partial charge in [-0.25, -0.2) is 0 Å². The number of carboxylic acid groups (broad SMARTS) is 1. The van der Waals surface area contributed by atoms with Gasteiger partial charge in [0.2, 0.25) is 23.6 Å². The van der Waals surface area contributed by atoms with Crippen LogP contribution in [0.4, 0.5) is 0 Å². The van der Waals surface area contributed by atoms with Crippen LogP contribution in [0.2, 0.25) is 0 Å². The number of carbonyl (C=O) groups is 5. The van der Waals surface area contributed by atoms with Crippen LogP contribution in [0.15, 0.2) is 30.3 Å². The largest absolute Gasteiger partial charge is 0.481 e. The van der Waals surface area contributed by atoms with Gasteiger partial charge in [-0.05, 0) is 25.8 Å². The van der Waals surface area contributed by atoms with E-state index in [4.69, 9.17) is 20.3 Å². The summed E-state index contributed by atoms with van der Waals surface area (Å²) in [6, 6.07) is 4.91. The molecule has 2 rings (SSSR count). The Labute approximate surface area is 230 Å². The molecule has 9 N–H and O–H groups in total. The molecule has 1 aliphatic heterocycles. The number of hydrogen-bond donors (Lipinski definition) is 8. The van der Waals surface area contributed by atoms with E-state index in [-0.39, 0.29) is 12.8 Å². The van der Waals surface area contributed by atoms with Crippen LogP contribution < -0.4 is 21.7 Å². The Kier molecular flexibility index (Phi) is 12.4. The van der Waals surface area contributed by atoms with Crippen LogP contribution in [-0.4, -0.2) is 105 Å². The number of carbonyl (C=O) groups excluding carboxylic acids is 4. The van der Waals surface area contributed by atoms with E-state index >= 15 is 0 Å². The van der Waals surface area contributed by atoms with Crippen LogP contribution in [0.1, 0.15) is 32.3 Å². The van der Waals surface area contributed by atoms with Gasteiger partial charge in [-0.2, -0.15) is 0 Å². The van der Waals surface area contributed by atoms with Gasteiger partial charge in [0.1, 0.15) is 42.5 Å². The highest BCUT2D eigenvalue weighted by atomic mass is 16.6. The summed E-state index contributed by atoms with van der Waals surface area (Å²) in [7, 11) is 0. The van der Waals surface area contributed by atoms with Crippen molar-refractivity contribution in [3.8, 4) is 0 Å². The van der Waals surface area contributed by atoms with Crippen LogP contribution in [0, 0.1) is 0 Å². The van der Waals surface area contributed by atoms with Gasteiger partial charge in [0, 0.05) is 6.42 Å². The number of amides is 4. The fourth-order valence-electron chi connectivity index (χ4n) is 3.96. The molecule has 1 heterocycles. The van der Waals surface area contributed by atoms with Gasteiger partial charge in [0.25, 0.3) is 0 Å². The number of nitrogens with two attached hydrogens (primary N) is 1. The van der Waals surface area contributed by atoms with E-state index in [0.29, 0.717) is 5.56 Å². The van der Waals surface area contributed by atoms with Gasteiger partial charge in [-0.3, -0.25) is 24.0 Å². The van der Waals surface area contributed by atoms with Crippen molar-refractivity contribution in [2.75, 3.05) is 6.61 Å². The van der Waals surface area contributed by atoms with E-state index in [2.05, 4.69) is 16.0 Å². The lowest BCUT2D eigenvalue weighted by Gasteiger charge is -2.43. The molecule has 0 spiro atoms. The minimum absolute atomic E-state index is 0.0578. The number of nitrogens with one attached hydrogen (secondary N) is 3. The minimum atomic E-state index is -1.69. The van der Waals surface area contributed by atoms with Crippen molar-refractivity contribution < 1.29 is 53.9 Å². The van der Waals surface area contributed by atoms with E-state index < -0.39 is 91.5 Å². The second-order valence-electron chi connectivity index (χ2n) is 9.36. The number of rotatable bonds is 14. The Morgan fingerprint density at radius 3 is 2.27 bits per heavy atom. The maximum Gasteiger partial charge on any atom is 0.303 e. The van der Waals surface area contributed by atoms with Crippen molar-refractivity contribution in [3.63, 3.8) is 0 Å². The van der Waals surface area contributed by atoms with Crippen molar-refractivity contribution in [1.29, 1.82) is 0 Å². The number of ether oxygens (including phenoxy) is 2. The summed E-state index contributed by atoms with van der Waals surface area (Å²) >= 11 is 0. The summed E-state index contributed by atoms with van der Waals surface area (Å²) < 4.78 is 10.9. The normalized spacial score (nSPS) is 24.7. The molecule has 4 amide bonds. The molecule has 0 aromatic heterocycles. The second kappa shape index (κ2) is 15.2. The highest BCUT2D eigenvalue weighted by molar-refractivity contribution is 5.92. The van der Waals surface area contributed by atoms with Crippen LogP contribution in [-0.2, 0) is 39.9 Å². The fourth-order valence-corrected chi connectivity index (χ4v) is 3.96. The predicted molar refractivity (Wildman–Crippen MR) is 136 cm³/mol. The summed E-state index contributed by atoms with van der Waals surface area (Å²) in [6.45, 7) is 1.91. The van der Waals surface area contributed by atoms with E-state index in [0.717, 1.165) is 0 Å². The quantitative estimate of drug-likeness (QED) is 0.112. The van der Waals surface area contributed by atoms with Crippen molar-refractivity contribution in [2.24, 2.45) is 5.73 Å². The first-order valence-corrected chi connectivity index (χ1v) is 12.6. The maximum absolute atomic E-state index is 12.8. The summed E-state index contributed by atoms with van der Waals surface area (Å²) in [5, 5.41) is 46.7. The lowest BCUT2D eigenvalue weighted by Crippen LogP contribution is -2.66. The Bertz CT molecular complexity index is 1040. The van der Waals surface area contributed by atoms with E-state index in [1.165, 1.54) is 13.8 Å². The molecule has 1 aliphatic rings. The van der Waals surface area contributed by atoms with Crippen LogP contribution in [0.25, 0.3) is 0 Å². The first kappa shape index (κ1) is 32.6. The molecule has 15 heteroatoms. The third kappa shape index (κ3) is 9.53. The molecule has 222 valence electrons. The number of carboxylic acids is 1. The summed E-state index contributed by atoms with van der Waals surface area (Å²) in [6.07, 6.45) is -8.00. The van der Waals surface area contributed by atoms with Crippen molar-refractivity contribution in [3.05, 3.63) is 35.9 Å². The summed E-state index contributed by atoms with van der Waals surface area (Å²) in [5.41, 5.74) is 5.89. The Balaban J connectivity index is 2.05. The highest BCUT2D eigenvalue weighted by Crippen LogP contribution is 2.24. The smallest absolute Gasteiger partial charge is 0.303 e. The van der Waals surface area contributed by atoms with Crippen LogP contribution in [0.5, 0.6) is 0 Å². The first-order valence-electron chi connectivity index (χ1n) is 12.6. The molecule has 1 fully saturated rings. The highest BCUT2D eigenvalue weighted by Gasteiger charge is 2.47. The topological polar surface area (TPSA) is 247 Å². The second-order valence-corrected chi connectivity index (χ2v) is 9.36. The average molecular weight is 569 g/mol. The molecule has 0 bridgehead atoms. The zero-order valence-electron chi connectivity index (χ0n) is 22.1. The van der Waals surface area contributed by atoms with E-state index in [9.17, 15) is 39.3 Å². The number of hydrogen-bond acceptors (Lipinski definition) is 10. The van der Waals surface area contributed by atoms with Crippen LogP contribution >= 0.6 is 0 Å². The van der Waals surface area contributed by atoms with E-state index in [1.54, 1.807) is 30.3 Å². The van der Waals surface area contributed by atoms with Gasteiger partial charge in [0.05, 0.1) is 13.0 Å².